The first-order valence-corrected chi connectivity index (χ1v) is 8.86. The largest absolute Gasteiger partial charge is 0.461 e. The molecule has 2 aromatic carbocycles. The number of para-hydroxylation sites is 1. The Labute approximate surface area is 160 Å². The number of rotatable bonds is 6. The molecule has 0 spiro atoms. The van der Waals surface area contributed by atoms with Crippen LogP contribution < -0.4 is 5.32 Å². The molecule has 3 rings (SSSR count). The minimum absolute atomic E-state index is 0.179. The van der Waals surface area contributed by atoms with E-state index in [4.69, 9.17) is 4.42 Å². The van der Waals surface area contributed by atoms with Crippen molar-refractivity contribution in [3.05, 3.63) is 71.0 Å². The third-order valence-electron chi connectivity index (χ3n) is 4.45. The second-order valence-electron chi connectivity index (χ2n) is 6.44. The van der Waals surface area contributed by atoms with E-state index < -0.39 is 17.5 Å². The Bertz CT molecular complexity index is 1010. The molecule has 0 bridgehead atoms. The third kappa shape index (κ3) is 4.19. The second-order valence-corrected chi connectivity index (χ2v) is 6.44. The molecule has 28 heavy (non-hydrogen) atoms. The van der Waals surface area contributed by atoms with Crippen molar-refractivity contribution in [1.82, 2.24) is 10.2 Å². The fraction of sp³-hybridized carbons (Fsp3) is 0.238. The van der Waals surface area contributed by atoms with Gasteiger partial charge in [-0.15, -0.1) is 0 Å². The lowest BCUT2D eigenvalue weighted by molar-refractivity contribution is -0.129. The number of hydrogen-bond acceptors (Lipinski definition) is 3. The Balaban J connectivity index is 1.66. The molecule has 0 saturated carbocycles. The van der Waals surface area contributed by atoms with Crippen molar-refractivity contribution in [2.45, 2.75) is 19.9 Å². The number of fused-ring (bicyclic) bond motifs is 1. The third-order valence-corrected chi connectivity index (χ3v) is 4.45. The van der Waals surface area contributed by atoms with Gasteiger partial charge in [0.1, 0.15) is 23.0 Å². The van der Waals surface area contributed by atoms with E-state index in [1.807, 2.05) is 31.2 Å². The lowest BCUT2D eigenvalue weighted by atomic mass is 10.1. The van der Waals surface area contributed by atoms with Crippen LogP contribution in [0.5, 0.6) is 0 Å². The van der Waals surface area contributed by atoms with Crippen LogP contribution in [0, 0.1) is 11.6 Å². The maximum absolute atomic E-state index is 13.2. The van der Waals surface area contributed by atoms with Gasteiger partial charge in [0.15, 0.2) is 0 Å². The SMILES string of the molecule is CCc1oc2ccccc2c1CN(C)C(=O)CNC(=O)c1cc(F)cc(F)c1. The summed E-state index contributed by atoms with van der Waals surface area (Å²) in [6.45, 7) is 2.01. The molecule has 1 aromatic heterocycles. The van der Waals surface area contributed by atoms with Crippen LogP contribution in [0.3, 0.4) is 0 Å². The van der Waals surface area contributed by atoms with Crippen LogP contribution >= 0.6 is 0 Å². The van der Waals surface area contributed by atoms with E-state index in [9.17, 15) is 18.4 Å². The van der Waals surface area contributed by atoms with Crippen molar-refractivity contribution in [3.63, 3.8) is 0 Å². The highest BCUT2D eigenvalue weighted by molar-refractivity contribution is 5.96. The number of carbonyl (C=O) groups excluding carboxylic acids is 2. The summed E-state index contributed by atoms with van der Waals surface area (Å²) in [5, 5.41) is 3.34. The van der Waals surface area contributed by atoms with Crippen molar-refractivity contribution < 1.29 is 22.8 Å². The van der Waals surface area contributed by atoms with Crippen molar-refractivity contribution >= 4 is 22.8 Å². The number of likely N-dealkylation sites (N-methyl/N-ethyl adjacent to an activating group) is 1. The molecule has 0 saturated heterocycles. The van der Waals surface area contributed by atoms with Gasteiger partial charge in [-0.05, 0) is 18.2 Å². The number of nitrogens with one attached hydrogen (secondary N) is 1. The molecular weight excluding hydrogens is 366 g/mol. The minimum Gasteiger partial charge on any atom is -0.461 e. The quantitative estimate of drug-likeness (QED) is 0.703. The summed E-state index contributed by atoms with van der Waals surface area (Å²) < 4.78 is 32.3. The van der Waals surface area contributed by atoms with Crippen LogP contribution in [-0.2, 0) is 17.8 Å². The highest BCUT2D eigenvalue weighted by Crippen LogP contribution is 2.27. The monoisotopic (exact) mass is 386 g/mol. The molecule has 0 atom stereocenters. The predicted molar refractivity (Wildman–Crippen MR) is 101 cm³/mol. The van der Waals surface area contributed by atoms with Crippen LogP contribution in [0.4, 0.5) is 8.78 Å². The molecule has 3 aromatic rings. The molecule has 146 valence electrons. The van der Waals surface area contributed by atoms with Crippen LogP contribution in [0.25, 0.3) is 11.0 Å². The van der Waals surface area contributed by atoms with Gasteiger partial charge in [-0.3, -0.25) is 9.59 Å². The van der Waals surface area contributed by atoms with E-state index in [0.717, 1.165) is 34.4 Å². The number of nitrogens with zero attached hydrogens (tertiary/aromatic N) is 1. The van der Waals surface area contributed by atoms with Gasteiger partial charge in [0.2, 0.25) is 5.91 Å². The van der Waals surface area contributed by atoms with E-state index in [2.05, 4.69) is 5.32 Å². The van der Waals surface area contributed by atoms with Gasteiger partial charge in [-0.25, -0.2) is 8.78 Å². The Kier molecular flexibility index (Phi) is 5.73. The minimum atomic E-state index is -0.854. The molecule has 0 aliphatic carbocycles. The van der Waals surface area contributed by atoms with Crippen LogP contribution in [0.15, 0.2) is 46.9 Å². The lowest BCUT2D eigenvalue weighted by Gasteiger charge is -2.18. The first-order valence-electron chi connectivity index (χ1n) is 8.86. The summed E-state index contributed by atoms with van der Waals surface area (Å²) >= 11 is 0. The fourth-order valence-electron chi connectivity index (χ4n) is 3.01. The van der Waals surface area contributed by atoms with Gasteiger partial charge in [0.05, 0.1) is 6.54 Å². The molecule has 0 radical (unpaired) electrons. The average molecular weight is 386 g/mol. The van der Waals surface area contributed by atoms with Gasteiger partial charge < -0.3 is 14.6 Å². The lowest BCUT2D eigenvalue weighted by Crippen LogP contribution is -2.38. The number of benzene rings is 2. The maximum Gasteiger partial charge on any atom is 0.251 e. The van der Waals surface area contributed by atoms with Crippen molar-refractivity contribution in [2.75, 3.05) is 13.6 Å². The first-order chi connectivity index (χ1) is 13.4. The van der Waals surface area contributed by atoms with Gasteiger partial charge in [-0.2, -0.15) is 0 Å². The molecule has 0 aliphatic rings. The highest BCUT2D eigenvalue weighted by Gasteiger charge is 2.18. The molecule has 0 fully saturated rings. The van der Waals surface area contributed by atoms with E-state index in [1.54, 1.807) is 7.05 Å². The van der Waals surface area contributed by atoms with E-state index >= 15 is 0 Å². The number of hydrogen-bond donors (Lipinski definition) is 1. The Morgan fingerprint density at radius 1 is 1.11 bits per heavy atom. The summed E-state index contributed by atoms with van der Waals surface area (Å²) in [5.41, 5.74) is 1.51. The molecule has 1 N–H and O–H groups in total. The molecule has 1 heterocycles. The number of furan rings is 1. The molecule has 0 unspecified atom stereocenters. The zero-order chi connectivity index (χ0) is 20.3. The van der Waals surface area contributed by atoms with Crippen molar-refractivity contribution in [1.29, 1.82) is 0 Å². The number of carbonyl (C=O) groups is 2. The van der Waals surface area contributed by atoms with E-state index in [1.165, 1.54) is 4.90 Å². The summed E-state index contributed by atoms with van der Waals surface area (Å²) in [5.74, 6) is -1.96. The number of aryl methyl sites for hydroxylation is 1. The van der Waals surface area contributed by atoms with Crippen LogP contribution in [0.2, 0.25) is 0 Å². The normalized spacial score (nSPS) is 10.9. The standard InChI is InChI=1S/C21H20F2N2O3/c1-3-18-17(16-6-4-5-7-19(16)28-18)12-25(2)20(26)11-24-21(27)13-8-14(22)10-15(23)9-13/h4-10H,3,11-12H2,1-2H3,(H,24,27). The Morgan fingerprint density at radius 3 is 2.46 bits per heavy atom. The summed E-state index contributed by atoms with van der Waals surface area (Å²) in [4.78, 5) is 25.9. The summed E-state index contributed by atoms with van der Waals surface area (Å²) in [6.07, 6.45) is 0.688. The topological polar surface area (TPSA) is 62.6 Å². The van der Waals surface area contributed by atoms with Gasteiger partial charge >= 0.3 is 0 Å². The van der Waals surface area contributed by atoms with Crippen LogP contribution in [0.1, 0.15) is 28.6 Å². The molecule has 2 amide bonds. The zero-order valence-electron chi connectivity index (χ0n) is 15.6. The van der Waals surface area contributed by atoms with Gasteiger partial charge in [0.25, 0.3) is 5.91 Å². The number of halogens is 2. The average Bonchev–Trinajstić information content (AvgIpc) is 3.02. The molecule has 0 aliphatic heterocycles. The van der Waals surface area contributed by atoms with E-state index in [0.29, 0.717) is 19.0 Å². The second kappa shape index (κ2) is 8.21. The van der Waals surface area contributed by atoms with Crippen molar-refractivity contribution in [2.24, 2.45) is 0 Å². The smallest absolute Gasteiger partial charge is 0.251 e. The zero-order valence-corrected chi connectivity index (χ0v) is 15.6. The Hall–Kier alpha value is -3.22. The van der Waals surface area contributed by atoms with Gasteiger partial charge in [-0.1, -0.05) is 25.1 Å². The maximum atomic E-state index is 13.2. The summed E-state index contributed by atoms with van der Waals surface area (Å²) in [6, 6.07) is 10.1. The fourth-order valence-corrected chi connectivity index (χ4v) is 3.01. The number of amides is 2. The first kappa shape index (κ1) is 19.5. The highest BCUT2D eigenvalue weighted by atomic mass is 19.1. The molecule has 5 nitrogen and oxygen atoms in total. The molecular formula is C21H20F2N2O3. The van der Waals surface area contributed by atoms with Crippen molar-refractivity contribution in [3.8, 4) is 0 Å². The molecule has 7 heteroatoms. The van der Waals surface area contributed by atoms with E-state index in [-0.39, 0.29) is 18.0 Å². The predicted octanol–water partition coefficient (Wildman–Crippen LogP) is 3.66. The van der Waals surface area contributed by atoms with Gasteiger partial charge in [0, 0.05) is 42.6 Å². The summed E-state index contributed by atoms with van der Waals surface area (Å²) in [7, 11) is 1.62. The van der Waals surface area contributed by atoms with Crippen LogP contribution in [-0.4, -0.2) is 30.3 Å². The Morgan fingerprint density at radius 2 is 1.79 bits per heavy atom.